The molecule has 0 bridgehead atoms. The maximum absolute atomic E-state index is 12.6. The molecule has 0 aromatic carbocycles. The highest BCUT2D eigenvalue weighted by molar-refractivity contribution is 5.93. The van der Waals surface area contributed by atoms with Crippen molar-refractivity contribution in [1.82, 2.24) is 20.6 Å². The van der Waals surface area contributed by atoms with Crippen molar-refractivity contribution in [3.8, 4) is 0 Å². The zero-order valence-corrected chi connectivity index (χ0v) is 18.2. The summed E-state index contributed by atoms with van der Waals surface area (Å²) in [7, 11) is 1.77. The largest absolute Gasteiger partial charge is 0.353 e. The van der Waals surface area contributed by atoms with Gasteiger partial charge in [-0.05, 0) is 74.8 Å². The number of hydrogen-bond acceptors (Lipinski definition) is 4. The molecule has 3 fully saturated rings. The van der Waals surface area contributed by atoms with Crippen molar-refractivity contribution in [2.24, 2.45) is 29.4 Å². The van der Waals surface area contributed by atoms with Crippen molar-refractivity contribution in [2.45, 2.75) is 63.8 Å². The highest BCUT2D eigenvalue weighted by atomic mass is 16.2. The smallest absolute Gasteiger partial charge is 0.255 e. The predicted octanol–water partition coefficient (Wildman–Crippen LogP) is 1.57. The number of aromatic nitrogens is 1. The summed E-state index contributed by atoms with van der Waals surface area (Å²) in [6, 6.07) is 3.74. The van der Waals surface area contributed by atoms with Gasteiger partial charge in [0.05, 0.1) is 5.56 Å². The lowest BCUT2D eigenvalue weighted by atomic mass is 9.51. The van der Waals surface area contributed by atoms with Crippen molar-refractivity contribution in [2.75, 3.05) is 6.54 Å². The van der Waals surface area contributed by atoms with Gasteiger partial charge >= 0.3 is 0 Å². The van der Waals surface area contributed by atoms with Crippen LogP contribution < -0.4 is 21.5 Å². The van der Waals surface area contributed by atoms with Gasteiger partial charge in [-0.2, -0.15) is 5.10 Å². The van der Waals surface area contributed by atoms with Crippen molar-refractivity contribution >= 4 is 18.2 Å². The van der Waals surface area contributed by atoms with E-state index in [4.69, 9.17) is 0 Å². The molecule has 2 unspecified atom stereocenters. The van der Waals surface area contributed by atoms with Gasteiger partial charge in [-0.15, -0.1) is 0 Å². The Bertz CT molecular complexity index is 897. The van der Waals surface area contributed by atoms with Crippen LogP contribution in [0.25, 0.3) is 0 Å². The molecule has 168 valence electrons. The minimum atomic E-state index is -0.208. The first-order chi connectivity index (χ1) is 15.0. The van der Waals surface area contributed by atoms with Crippen LogP contribution in [0.4, 0.5) is 0 Å². The second-order valence-corrected chi connectivity index (χ2v) is 9.60. The standard InChI is InChI=1S/C23H33N5O3/c1-28-11-2-4-19(20(28)27-25-15-29)22(31)24-10-7-16-5-6-18(12-16)26-21(30)17-13-23(14-17)8-3-9-23/h2,4,11,15-18H,3,5-10,12-14H2,1H3,(H,24,31)(H,25,29)(H,26,30)/b27-20-. The topological polar surface area (TPSA) is 105 Å². The molecule has 8 nitrogen and oxygen atoms in total. The Morgan fingerprint density at radius 1 is 1.29 bits per heavy atom. The molecule has 1 spiro atoms. The van der Waals surface area contributed by atoms with Crippen LogP contribution in [-0.2, 0) is 16.6 Å². The summed E-state index contributed by atoms with van der Waals surface area (Å²) in [6.07, 6.45) is 12.4. The molecule has 3 aliphatic rings. The summed E-state index contributed by atoms with van der Waals surface area (Å²) >= 11 is 0. The fourth-order valence-electron chi connectivity index (χ4n) is 5.54. The third-order valence-electron chi connectivity index (χ3n) is 7.48. The summed E-state index contributed by atoms with van der Waals surface area (Å²) in [5.74, 6) is 0.797. The lowest BCUT2D eigenvalue weighted by Gasteiger charge is -2.53. The molecule has 3 saturated carbocycles. The van der Waals surface area contributed by atoms with E-state index in [9.17, 15) is 14.4 Å². The van der Waals surface area contributed by atoms with Crippen LogP contribution in [0.1, 0.15) is 68.1 Å². The lowest BCUT2D eigenvalue weighted by Crippen LogP contribution is -2.50. The summed E-state index contributed by atoms with van der Waals surface area (Å²) < 4.78 is 1.69. The molecule has 1 aromatic heterocycles. The minimum Gasteiger partial charge on any atom is -0.353 e. The summed E-state index contributed by atoms with van der Waals surface area (Å²) in [5, 5.41) is 10.2. The zero-order chi connectivity index (χ0) is 21.8. The van der Waals surface area contributed by atoms with E-state index in [0.29, 0.717) is 35.3 Å². The molecule has 1 heterocycles. The Morgan fingerprint density at radius 2 is 2.10 bits per heavy atom. The summed E-state index contributed by atoms with van der Waals surface area (Å²) in [6.45, 7) is 0.578. The van der Waals surface area contributed by atoms with E-state index >= 15 is 0 Å². The van der Waals surface area contributed by atoms with Gasteiger partial charge in [0.1, 0.15) is 0 Å². The van der Waals surface area contributed by atoms with E-state index in [0.717, 1.165) is 38.5 Å². The van der Waals surface area contributed by atoms with E-state index in [1.54, 1.807) is 29.9 Å². The molecule has 31 heavy (non-hydrogen) atoms. The number of nitrogens with zero attached hydrogens (tertiary/aromatic N) is 2. The Kier molecular flexibility index (Phi) is 6.43. The highest BCUT2D eigenvalue weighted by Gasteiger charge is 2.50. The van der Waals surface area contributed by atoms with Crippen LogP contribution in [0.5, 0.6) is 0 Å². The first kappa shape index (κ1) is 21.6. The average molecular weight is 428 g/mol. The van der Waals surface area contributed by atoms with Crippen LogP contribution in [0, 0.1) is 17.3 Å². The number of carbonyl (C=O) groups is 3. The van der Waals surface area contributed by atoms with E-state index in [2.05, 4.69) is 21.2 Å². The molecule has 0 saturated heterocycles. The molecule has 0 aliphatic heterocycles. The Balaban J connectivity index is 1.20. The molecule has 2 atom stereocenters. The van der Waals surface area contributed by atoms with Crippen LogP contribution in [0.2, 0.25) is 0 Å². The number of hydrogen-bond donors (Lipinski definition) is 3. The second-order valence-electron chi connectivity index (χ2n) is 9.60. The van der Waals surface area contributed by atoms with E-state index in [-0.39, 0.29) is 23.8 Å². The number of amides is 3. The molecule has 8 heteroatoms. The maximum atomic E-state index is 12.6. The normalized spacial score (nSPS) is 24.9. The van der Waals surface area contributed by atoms with Crippen molar-refractivity contribution < 1.29 is 14.4 Å². The number of rotatable bonds is 8. The second kappa shape index (κ2) is 9.24. The van der Waals surface area contributed by atoms with Crippen LogP contribution >= 0.6 is 0 Å². The third kappa shape index (κ3) is 4.83. The highest BCUT2D eigenvalue weighted by Crippen LogP contribution is 2.58. The van der Waals surface area contributed by atoms with Crippen LogP contribution in [0.15, 0.2) is 23.4 Å². The van der Waals surface area contributed by atoms with Crippen LogP contribution in [-0.4, -0.2) is 35.4 Å². The van der Waals surface area contributed by atoms with E-state index in [1.165, 1.54) is 19.3 Å². The fraction of sp³-hybridized carbons (Fsp3) is 0.652. The Hall–Kier alpha value is -2.64. The summed E-state index contributed by atoms with van der Waals surface area (Å²) in [4.78, 5) is 35.7. The molecule has 1 aromatic rings. The van der Waals surface area contributed by atoms with Gasteiger partial charge in [-0.25, -0.2) is 5.43 Å². The molecule has 4 rings (SSSR count). The van der Waals surface area contributed by atoms with Gasteiger partial charge in [0.15, 0.2) is 5.49 Å². The quantitative estimate of drug-likeness (QED) is 0.433. The molecule has 3 amide bonds. The Labute approximate surface area is 182 Å². The Morgan fingerprint density at radius 3 is 2.81 bits per heavy atom. The van der Waals surface area contributed by atoms with E-state index in [1.807, 2.05) is 0 Å². The van der Waals surface area contributed by atoms with Crippen molar-refractivity contribution in [3.63, 3.8) is 0 Å². The van der Waals surface area contributed by atoms with E-state index < -0.39 is 0 Å². The molecule has 0 radical (unpaired) electrons. The molecular weight excluding hydrogens is 394 g/mol. The fourth-order valence-corrected chi connectivity index (χ4v) is 5.54. The number of carbonyl (C=O) groups excluding carboxylic acids is 3. The number of aryl methyl sites for hydroxylation is 1. The predicted molar refractivity (Wildman–Crippen MR) is 115 cm³/mol. The maximum Gasteiger partial charge on any atom is 0.255 e. The SMILES string of the molecule is Cn1cccc(C(=O)NCCC2CCC(NC(=O)C3CC4(CCC4)C3)C2)/c1=N/NC=O. The number of pyridine rings is 1. The van der Waals surface area contributed by atoms with Gasteiger partial charge in [0, 0.05) is 31.7 Å². The monoisotopic (exact) mass is 427 g/mol. The van der Waals surface area contributed by atoms with Gasteiger partial charge in [-0.1, -0.05) is 6.42 Å². The third-order valence-corrected chi connectivity index (χ3v) is 7.48. The van der Waals surface area contributed by atoms with Gasteiger partial charge in [0.25, 0.3) is 5.91 Å². The average Bonchev–Trinajstić information content (AvgIpc) is 3.11. The van der Waals surface area contributed by atoms with Crippen molar-refractivity contribution in [3.05, 3.63) is 29.4 Å². The molecular formula is C23H33N5O3. The van der Waals surface area contributed by atoms with Gasteiger partial charge in [-0.3, -0.25) is 14.4 Å². The van der Waals surface area contributed by atoms with Crippen LogP contribution in [0.3, 0.4) is 0 Å². The van der Waals surface area contributed by atoms with Crippen molar-refractivity contribution in [1.29, 1.82) is 0 Å². The van der Waals surface area contributed by atoms with Gasteiger partial charge < -0.3 is 15.2 Å². The first-order valence-electron chi connectivity index (χ1n) is 11.5. The minimum absolute atomic E-state index is 0.208. The van der Waals surface area contributed by atoms with Gasteiger partial charge in [0.2, 0.25) is 12.3 Å². The molecule has 3 aliphatic carbocycles. The summed E-state index contributed by atoms with van der Waals surface area (Å²) in [5.41, 5.74) is 3.61. The number of nitrogens with one attached hydrogen (secondary N) is 3. The first-order valence-corrected chi connectivity index (χ1v) is 11.5. The lowest BCUT2D eigenvalue weighted by molar-refractivity contribution is -0.137. The zero-order valence-electron chi connectivity index (χ0n) is 18.2. The molecule has 3 N–H and O–H groups in total.